The number of hydrogen-bond acceptors (Lipinski definition) is 4. The maximum atomic E-state index is 12.8. The Balaban J connectivity index is 1.96. The number of carbonyl (C=O) groups excluding carboxylic acids is 1. The molecule has 0 aliphatic rings. The average molecular weight is 274 g/mol. The fraction of sp³-hybridized carbons (Fsp3) is 0.154. The largest absolute Gasteiger partial charge is 0.297 e. The molecule has 2 aromatic rings. The molecule has 0 atom stereocenters. The van der Waals surface area contributed by atoms with E-state index in [1.54, 1.807) is 12.1 Å². The minimum Gasteiger partial charge on any atom is -0.265 e. The van der Waals surface area contributed by atoms with Crippen molar-refractivity contribution in [3.05, 3.63) is 47.5 Å². The summed E-state index contributed by atoms with van der Waals surface area (Å²) in [7, 11) is 0. The van der Waals surface area contributed by atoms with Gasteiger partial charge in [-0.25, -0.2) is 14.6 Å². The van der Waals surface area contributed by atoms with E-state index in [1.807, 2.05) is 0 Å². The Labute approximate surface area is 114 Å². The molecule has 0 bridgehead atoms. The minimum absolute atomic E-state index is 0.0323. The van der Waals surface area contributed by atoms with Crippen LogP contribution in [0.2, 0.25) is 0 Å². The van der Waals surface area contributed by atoms with E-state index in [1.165, 1.54) is 23.0 Å². The van der Waals surface area contributed by atoms with Gasteiger partial charge in [0.1, 0.15) is 12.4 Å². The summed E-state index contributed by atoms with van der Waals surface area (Å²) < 4.78 is 14.2. The fourth-order valence-corrected chi connectivity index (χ4v) is 1.45. The van der Waals surface area contributed by atoms with Crippen LogP contribution in [0, 0.1) is 18.2 Å². The molecule has 102 valence electrons. The molecule has 1 N–H and O–H groups in total. The third kappa shape index (κ3) is 3.63. The van der Waals surface area contributed by atoms with Gasteiger partial charge < -0.3 is 0 Å². The minimum atomic E-state index is -0.536. The Morgan fingerprint density at radius 1 is 1.45 bits per heavy atom. The number of rotatable bonds is 5. The van der Waals surface area contributed by atoms with Gasteiger partial charge in [-0.1, -0.05) is 23.3 Å². The van der Waals surface area contributed by atoms with Crippen LogP contribution in [0.5, 0.6) is 0 Å². The first-order valence-electron chi connectivity index (χ1n) is 5.69. The molecule has 1 heterocycles. The lowest BCUT2D eigenvalue weighted by Crippen LogP contribution is -2.24. The van der Waals surface area contributed by atoms with Gasteiger partial charge >= 0.3 is 0 Å². The number of hydroxylamine groups is 1. The van der Waals surface area contributed by atoms with Gasteiger partial charge in [0, 0.05) is 0 Å². The van der Waals surface area contributed by atoms with Crippen molar-refractivity contribution >= 4 is 5.91 Å². The van der Waals surface area contributed by atoms with Crippen molar-refractivity contribution in [1.82, 2.24) is 20.5 Å². The highest BCUT2D eigenvalue weighted by Crippen LogP contribution is 2.05. The summed E-state index contributed by atoms with van der Waals surface area (Å²) in [5.74, 6) is 1.36. The predicted molar refractivity (Wildman–Crippen MR) is 67.8 cm³/mol. The van der Waals surface area contributed by atoms with Crippen molar-refractivity contribution in [2.75, 3.05) is 6.61 Å². The molecule has 0 saturated heterocycles. The summed E-state index contributed by atoms with van der Waals surface area (Å²) in [6, 6.07) is 5.97. The lowest BCUT2D eigenvalue weighted by Gasteiger charge is -2.00. The molecule has 1 aromatic carbocycles. The Hall–Kier alpha value is -2.72. The summed E-state index contributed by atoms with van der Waals surface area (Å²) in [5, 5.41) is 7.50. The van der Waals surface area contributed by atoms with Gasteiger partial charge in [0.25, 0.3) is 5.91 Å². The van der Waals surface area contributed by atoms with Crippen LogP contribution in [0.1, 0.15) is 16.1 Å². The molecular weight excluding hydrogens is 263 g/mol. The predicted octanol–water partition coefficient (Wildman–Crippen LogP) is 0.760. The van der Waals surface area contributed by atoms with Gasteiger partial charge in [-0.15, -0.1) is 11.5 Å². The smallest absolute Gasteiger partial charge is 0.265 e. The van der Waals surface area contributed by atoms with Crippen molar-refractivity contribution in [3.63, 3.8) is 0 Å². The molecular formula is C13H11FN4O2. The van der Waals surface area contributed by atoms with Crippen LogP contribution in [-0.2, 0) is 11.4 Å². The maximum absolute atomic E-state index is 12.8. The number of aromatic nitrogens is 3. The number of halogens is 1. The van der Waals surface area contributed by atoms with E-state index in [-0.39, 0.29) is 18.1 Å². The number of amides is 1. The second kappa shape index (κ2) is 6.45. The molecule has 20 heavy (non-hydrogen) atoms. The highest BCUT2D eigenvalue weighted by Gasteiger charge is 2.10. The van der Waals surface area contributed by atoms with E-state index in [9.17, 15) is 9.18 Å². The van der Waals surface area contributed by atoms with Crippen LogP contribution >= 0.6 is 0 Å². The zero-order valence-corrected chi connectivity index (χ0v) is 10.4. The molecule has 0 aliphatic heterocycles. The highest BCUT2D eigenvalue weighted by atomic mass is 19.1. The quantitative estimate of drug-likeness (QED) is 0.496. The standard InChI is InChI=1S/C13H11FN4O2/c1-2-7-20-16-13(19)12-9-18(17-15-12)8-10-3-5-11(14)6-4-10/h1,3-6,9H,7-8H2,(H,16,19). The summed E-state index contributed by atoms with van der Waals surface area (Å²) in [6.45, 7) is 0.348. The number of nitrogens with one attached hydrogen (secondary N) is 1. The van der Waals surface area contributed by atoms with Crippen molar-refractivity contribution in [2.24, 2.45) is 0 Å². The topological polar surface area (TPSA) is 69.0 Å². The summed E-state index contributed by atoms with van der Waals surface area (Å²) in [5.41, 5.74) is 3.08. The summed E-state index contributed by atoms with van der Waals surface area (Å²) in [4.78, 5) is 16.2. The SMILES string of the molecule is C#CCONC(=O)c1cn(Cc2ccc(F)cc2)nn1. The van der Waals surface area contributed by atoms with E-state index in [4.69, 9.17) is 6.42 Å². The molecule has 0 saturated carbocycles. The van der Waals surface area contributed by atoms with Crippen LogP contribution in [0.15, 0.2) is 30.5 Å². The van der Waals surface area contributed by atoms with Crippen molar-refractivity contribution in [1.29, 1.82) is 0 Å². The Morgan fingerprint density at radius 3 is 2.90 bits per heavy atom. The zero-order chi connectivity index (χ0) is 14.4. The molecule has 0 fully saturated rings. The van der Waals surface area contributed by atoms with Crippen LogP contribution < -0.4 is 5.48 Å². The second-order valence-electron chi connectivity index (χ2n) is 3.85. The van der Waals surface area contributed by atoms with E-state index in [0.717, 1.165) is 5.56 Å². The van der Waals surface area contributed by atoms with Crippen molar-refractivity contribution < 1.29 is 14.0 Å². The van der Waals surface area contributed by atoms with Crippen LogP contribution in [-0.4, -0.2) is 27.5 Å². The number of hydrogen-bond donors (Lipinski definition) is 1. The second-order valence-corrected chi connectivity index (χ2v) is 3.85. The molecule has 0 aliphatic carbocycles. The normalized spacial score (nSPS) is 10.0. The first-order valence-corrected chi connectivity index (χ1v) is 5.69. The van der Waals surface area contributed by atoms with Gasteiger partial charge in [-0.2, -0.15) is 0 Å². The Bertz CT molecular complexity index is 631. The molecule has 6 nitrogen and oxygen atoms in total. The maximum Gasteiger partial charge on any atom is 0.297 e. The number of terminal acetylenes is 1. The Morgan fingerprint density at radius 2 is 2.20 bits per heavy atom. The highest BCUT2D eigenvalue weighted by molar-refractivity contribution is 5.91. The average Bonchev–Trinajstić information content (AvgIpc) is 2.90. The molecule has 0 unspecified atom stereocenters. The monoisotopic (exact) mass is 274 g/mol. The lowest BCUT2D eigenvalue weighted by molar-refractivity contribution is 0.0433. The number of carbonyl (C=O) groups is 1. The third-order valence-corrected chi connectivity index (χ3v) is 2.35. The molecule has 1 aromatic heterocycles. The van der Waals surface area contributed by atoms with E-state index < -0.39 is 5.91 Å². The molecule has 1 amide bonds. The molecule has 2 rings (SSSR count). The van der Waals surface area contributed by atoms with Gasteiger partial charge in [-0.3, -0.25) is 9.63 Å². The first kappa shape index (κ1) is 13.7. The van der Waals surface area contributed by atoms with Crippen molar-refractivity contribution in [2.45, 2.75) is 6.54 Å². The molecule has 0 radical (unpaired) electrons. The lowest BCUT2D eigenvalue weighted by atomic mass is 10.2. The van der Waals surface area contributed by atoms with Crippen LogP contribution in [0.3, 0.4) is 0 Å². The van der Waals surface area contributed by atoms with Gasteiger partial charge in [0.15, 0.2) is 5.69 Å². The van der Waals surface area contributed by atoms with E-state index >= 15 is 0 Å². The zero-order valence-electron chi connectivity index (χ0n) is 10.4. The van der Waals surface area contributed by atoms with Crippen LogP contribution in [0.25, 0.3) is 0 Å². The summed E-state index contributed by atoms with van der Waals surface area (Å²) in [6.07, 6.45) is 6.43. The van der Waals surface area contributed by atoms with E-state index in [2.05, 4.69) is 26.6 Å². The van der Waals surface area contributed by atoms with E-state index in [0.29, 0.717) is 6.54 Å². The summed E-state index contributed by atoms with van der Waals surface area (Å²) >= 11 is 0. The molecule has 0 spiro atoms. The van der Waals surface area contributed by atoms with Gasteiger partial charge in [0.05, 0.1) is 12.7 Å². The first-order chi connectivity index (χ1) is 9.69. The Kier molecular flexibility index (Phi) is 4.42. The van der Waals surface area contributed by atoms with Crippen molar-refractivity contribution in [3.8, 4) is 12.3 Å². The number of nitrogens with zero attached hydrogens (tertiary/aromatic N) is 3. The number of benzene rings is 1. The van der Waals surface area contributed by atoms with Crippen LogP contribution in [0.4, 0.5) is 4.39 Å². The van der Waals surface area contributed by atoms with Gasteiger partial charge in [0.2, 0.25) is 0 Å². The fourth-order valence-electron chi connectivity index (χ4n) is 1.45. The van der Waals surface area contributed by atoms with Gasteiger partial charge in [-0.05, 0) is 17.7 Å². The molecule has 7 heteroatoms. The third-order valence-electron chi connectivity index (χ3n) is 2.35.